The lowest BCUT2D eigenvalue weighted by Crippen LogP contribution is -2.51. The Hall–Kier alpha value is -0.160. The number of hydrogen-bond donors (Lipinski definition) is 3. The first-order chi connectivity index (χ1) is 6.11. The van der Waals surface area contributed by atoms with Gasteiger partial charge in [-0.1, -0.05) is 6.92 Å². The van der Waals surface area contributed by atoms with E-state index in [1.807, 2.05) is 6.92 Å². The molecule has 4 heteroatoms. The Morgan fingerprint density at radius 2 is 1.92 bits per heavy atom. The zero-order chi connectivity index (χ0) is 10.0. The average Bonchev–Trinajstić information content (AvgIpc) is 2.15. The molecule has 13 heavy (non-hydrogen) atoms. The number of rotatable bonds is 2. The molecule has 2 unspecified atom stereocenters. The van der Waals surface area contributed by atoms with Crippen LogP contribution in [0.5, 0.6) is 0 Å². The van der Waals surface area contributed by atoms with Crippen LogP contribution < -0.4 is 0 Å². The van der Waals surface area contributed by atoms with Crippen LogP contribution in [0, 0.1) is 11.8 Å². The molecule has 0 aromatic heterocycles. The summed E-state index contributed by atoms with van der Waals surface area (Å²) in [6.07, 6.45) is -1.38. The molecule has 0 aliphatic heterocycles. The van der Waals surface area contributed by atoms with E-state index in [0.29, 0.717) is 6.42 Å². The van der Waals surface area contributed by atoms with Gasteiger partial charge in [0, 0.05) is 13.7 Å². The van der Waals surface area contributed by atoms with Gasteiger partial charge in [0.25, 0.3) is 0 Å². The smallest absolute Gasteiger partial charge is 0.106 e. The van der Waals surface area contributed by atoms with Crippen LogP contribution in [0.3, 0.4) is 0 Å². The minimum Gasteiger partial charge on any atom is -0.396 e. The Labute approximate surface area is 78.1 Å². The summed E-state index contributed by atoms with van der Waals surface area (Å²) in [7, 11) is 1.50. The van der Waals surface area contributed by atoms with Gasteiger partial charge in [-0.15, -0.1) is 0 Å². The third kappa shape index (κ3) is 2.02. The molecule has 0 radical (unpaired) electrons. The topological polar surface area (TPSA) is 69.9 Å². The summed E-state index contributed by atoms with van der Waals surface area (Å²) in [5, 5.41) is 28.2. The molecule has 0 saturated heterocycles. The Kier molecular flexibility index (Phi) is 3.67. The van der Waals surface area contributed by atoms with Crippen molar-refractivity contribution in [2.75, 3.05) is 13.7 Å². The fourth-order valence-electron chi connectivity index (χ4n) is 1.94. The second kappa shape index (κ2) is 4.37. The van der Waals surface area contributed by atoms with Crippen molar-refractivity contribution < 1.29 is 20.1 Å². The maximum Gasteiger partial charge on any atom is 0.106 e. The molecule has 0 amide bonds. The van der Waals surface area contributed by atoms with E-state index in [4.69, 9.17) is 9.84 Å². The molecule has 1 rings (SSSR count). The van der Waals surface area contributed by atoms with Gasteiger partial charge in [0.15, 0.2) is 0 Å². The van der Waals surface area contributed by atoms with Crippen LogP contribution in [0.2, 0.25) is 0 Å². The van der Waals surface area contributed by atoms with Gasteiger partial charge in [-0.2, -0.15) is 0 Å². The van der Waals surface area contributed by atoms with Gasteiger partial charge in [0.1, 0.15) is 6.10 Å². The quantitative estimate of drug-likeness (QED) is 0.542. The highest BCUT2D eigenvalue weighted by atomic mass is 16.5. The largest absolute Gasteiger partial charge is 0.396 e. The minimum absolute atomic E-state index is 0.0170. The first-order valence-corrected chi connectivity index (χ1v) is 4.61. The molecule has 0 aromatic carbocycles. The molecule has 1 aliphatic rings. The van der Waals surface area contributed by atoms with Crippen molar-refractivity contribution in [2.24, 2.45) is 11.8 Å². The highest BCUT2D eigenvalue weighted by Crippen LogP contribution is 2.31. The fraction of sp³-hybridized carbons (Fsp3) is 1.00. The number of aliphatic hydroxyl groups excluding tert-OH is 3. The van der Waals surface area contributed by atoms with Gasteiger partial charge in [0.2, 0.25) is 0 Å². The van der Waals surface area contributed by atoms with E-state index in [1.54, 1.807) is 0 Å². The van der Waals surface area contributed by atoms with Crippen LogP contribution in [0.25, 0.3) is 0 Å². The van der Waals surface area contributed by atoms with Crippen LogP contribution in [0.15, 0.2) is 0 Å². The Morgan fingerprint density at radius 3 is 2.38 bits per heavy atom. The molecule has 3 N–H and O–H groups in total. The summed E-state index contributed by atoms with van der Waals surface area (Å²) in [5.74, 6) is -0.0604. The highest BCUT2D eigenvalue weighted by Gasteiger charge is 2.40. The second-order valence-electron chi connectivity index (χ2n) is 3.79. The molecule has 0 heterocycles. The van der Waals surface area contributed by atoms with E-state index in [0.717, 1.165) is 0 Å². The lowest BCUT2D eigenvalue weighted by Gasteiger charge is -2.40. The van der Waals surface area contributed by atoms with Crippen molar-refractivity contribution in [3.63, 3.8) is 0 Å². The van der Waals surface area contributed by atoms with E-state index in [1.165, 1.54) is 7.11 Å². The van der Waals surface area contributed by atoms with Crippen LogP contribution in [0.4, 0.5) is 0 Å². The molecule has 0 bridgehead atoms. The zero-order valence-corrected chi connectivity index (χ0v) is 8.05. The average molecular weight is 190 g/mol. The van der Waals surface area contributed by atoms with Crippen molar-refractivity contribution in [1.82, 2.24) is 0 Å². The summed E-state index contributed by atoms with van der Waals surface area (Å²) < 4.78 is 5.03. The van der Waals surface area contributed by atoms with Crippen LogP contribution in [-0.4, -0.2) is 47.3 Å². The Morgan fingerprint density at radius 1 is 1.31 bits per heavy atom. The zero-order valence-electron chi connectivity index (χ0n) is 8.05. The van der Waals surface area contributed by atoms with Gasteiger partial charge >= 0.3 is 0 Å². The first-order valence-electron chi connectivity index (χ1n) is 4.61. The minimum atomic E-state index is -0.831. The fourth-order valence-corrected chi connectivity index (χ4v) is 1.94. The van der Waals surface area contributed by atoms with Crippen molar-refractivity contribution in [2.45, 2.75) is 31.7 Å². The lowest BCUT2D eigenvalue weighted by atomic mass is 9.76. The van der Waals surface area contributed by atoms with E-state index in [2.05, 4.69) is 0 Å². The van der Waals surface area contributed by atoms with Crippen molar-refractivity contribution in [1.29, 1.82) is 0 Å². The maximum atomic E-state index is 9.61. The third-order valence-electron chi connectivity index (χ3n) is 3.09. The van der Waals surface area contributed by atoms with Gasteiger partial charge in [-0.25, -0.2) is 0 Å². The standard InChI is InChI=1S/C9H18O4/c1-5-6(4-10)3-7(13-2)9(12)8(5)11/h5-12H,3-4H2,1-2H3/t5-,6?,7+,8+,9?/m1/s1. The summed E-state index contributed by atoms with van der Waals surface area (Å²) in [5.41, 5.74) is 0. The number of hydrogen-bond acceptors (Lipinski definition) is 4. The molecule has 0 aromatic rings. The van der Waals surface area contributed by atoms with Gasteiger partial charge in [-0.3, -0.25) is 0 Å². The maximum absolute atomic E-state index is 9.61. The van der Waals surface area contributed by atoms with Gasteiger partial charge in [-0.05, 0) is 18.3 Å². The number of methoxy groups -OCH3 is 1. The predicted octanol–water partition coefficient (Wildman–Crippen LogP) is -0.629. The SMILES string of the molecule is CO[C@H]1CC(CO)[C@@H](C)[C@H](O)C1O. The summed E-state index contributed by atoms with van der Waals surface area (Å²) in [6, 6.07) is 0. The van der Waals surface area contributed by atoms with Gasteiger partial charge in [0.05, 0.1) is 12.2 Å². The molecule has 1 saturated carbocycles. The normalized spacial score (nSPS) is 46.4. The molecule has 0 spiro atoms. The summed E-state index contributed by atoms with van der Waals surface area (Å²) in [6.45, 7) is 1.87. The van der Waals surface area contributed by atoms with Crippen molar-refractivity contribution in [3.05, 3.63) is 0 Å². The predicted molar refractivity (Wildman–Crippen MR) is 47.2 cm³/mol. The number of ether oxygens (including phenoxy) is 1. The van der Waals surface area contributed by atoms with Crippen LogP contribution in [0.1, 0.15) is 13.3 Å². The lowest BCUT2D eigenvalue weighted by molar-refractivity contribution is -0.142. The second-order valence-corrected chi connectivity index (χ2v) is 3.79. The molecule has 78 valence electrons. The molecule has 4 nitrogen and oxygen atoms in total. The van der Waals surface area contributed by atoms with E-state index < -0.39 is 12.2 Å². The third-order valence-corrected chi connectivity index (χ3v) is 3.09. The molecule has 5 atom stereocenters. The summed E-state index contributed by atoms with van der Waals surface area (Å²) >= 11 is 0. The molecular formula is C9H18O4. The monoisotopic (exact) mass is 190 g/mol. The Balaban J connectivity index is 2.66. The van der Waals surface area contributed by atoms with Crippen LogP contribution in [-0.2, 0) is 4.74 Å². The number of aliphatic hydroxyl groups is 3. The molecule has 1 fully saturated rings. The first kappa shape index (κ1) is 10.9. The molecule has 1 aliphatic carbocycles. The van der Waals surface area contributed by atoms with Crippen LogP contribution >= 0.6 is 0 Å². The van der Waals surface area contributed by atoms with E-state index in [-0.39, 0.29) is 24.5 Å². The van der Waals surface area contributed by atoms with E-state index in [9.17, 15) is 10.2 Å². The van der Waals surface area contributed by atoms with E-state index >= 15 is 0 Å². The summed E-state index contributed by atoms with van der Waals surface area (Å²) in [4.78, 5) is 0. The van der Waals surface area contributed by atoms with Crippen molar-refractivity contribution in [3.8, 4) is 0 Å². The van der Waals surface area contributed by atoms with Gasteiger partial charge < -0.3 is 20.1 Å². The highest BCUT2D eigenvalue weighted by molar-refractivity contribution is 4.90. The van der Waals surface area contributed by atoms with Crippen molar-refractivity contribution >= 4 is 0 Å². The Bertz CT molecular complexity index is 142. The molecular weight excluding hydrogens is 172 g/mol.